The van der Waals surface area contributed by atoms with E-state index >= 15 is 0 Å². The molecule has 0 heterocycles. The molecular weight excluding hydrogens is 335 g/mol. The monoisotopic (exact) mass is 350 g/mol. The van der Waals surface area contributed by atoms with Crippen LogP contribution in [0.5, 0.6) is 0 Å². The van der Waals surface area contributed by atoms with E-state index in [1.807, 2.05) is 31.2 Å². The van der Waals surface area contributed by atoms with Gasteiger partial charge in [-0.1, -0.05) is 12.1 Å². The zero-order chi connectivity index (χ0) is 15.4. The molecule has 110 valence electrons. The third-order valence-electron chi connectivity index (χ3n) is 3.02. The van der Waals surface area contributed by atoms with E-state index in [0.717, 1.165) is 22.5 Å². The number of anilines is 2. The highest BCUT2D eigenvalue weighted by Gasteiger charge is 2.04. The molecule has 1 amide bonds. The minimum atomic E-state index is -0.280. The SMILES string of the molecule is CC(=O)Nc1ccc(C)c(NCc2ccc(Br)c(F)c2)c1. The maximum Gasteiger partial charge on any atom is 0.221 e. The first kappa shape index (κ1) is 15.5. The molecule has 0 saturated heterocycles. The molecule has 0 aliphatic carbocycles. The molecule has 3 nitrogen and oxygen atoms in total. The lowest BCUT2D eigenvalue weighted by Crippen LogP contribution is -2.07. The Morgan fingerprint density at radius 1 is 1.24 bits per heavy atom. The van der Waals surface area contributed by atoms with Crippen LogP contribution in [0.1, 0.15) is 18.1 Å². The highest BCUT2D eigenvalue weighted by Crippen LogP contribution is 2.22. The van der Waals surface area contributed by atoms with Gasteiger partial charge in [-0.15, -0.1) is 0 Å². The summed E-state index contributed by atoms with van der Waals surface area (Å²) in [6.45, 7) is 3.95. The first-order chi connectivity index (χ1) is 9.95. The number of benzene rings is 2. The normalized spacial score (nSPS) is 10.3. The number of carbonyl (C=O) groups is 1. The van der Waals surface area contributed by atoms with Gasteiger partial charge in [-0.25, -0.2) is 4.39 Å². The van der Waals surface area contributed by atoms with E-state index in [-0.39, 0.29) is 11.7 Å². The van der Waals surface area contributed by atoms with E-state index in [9.17, 15) is 9.18 Å². The van der Waals surface area contributed by atoms with Crippen molar-refractivity contribution in [3.8, 4) is 0 Å². The summed E-state index contributed by atoms with van der Waals surface area (Å²) >= 11 is 3.13. The van der Waals surface area contributed by atoms with E-state index in [1.165, 1.54) is 13.0 Å². The van der Waals surface area contributed by atoms with Crippen molar-refractivity contribution in [2.75, 3.05) is 10.6 Å². The molecule has 21 heavy (non-hydrogen) atoms. The van der Waals surface area contributed by atoms with Crippen LogP contribution in [0.3, 0.4) is 0 Å². The minimum absolute atomic E-state index is 0.111. The van der Waals surface area contributed by atoms with Crippen molar-refractivity contribution in [1.29, 1.82) is 0 Å². The predicted octanol–water partition coefficient (Wildman–Crippen LogP) is 4.47. The van der Waals surface area contributed by atoms with Gasteiger partial charge in [0, 0.05) is 24.8 Å². The molecule has 0 aliphatic rings. The predicted molar refractivity (Wildman–Crippen MR) is 86.9 cm³/mol. The lowest BCUT2D eigenvalue weighted by Gasteiger charge is -2.12. The van der Waals surface area contributed by atoms with Crippen molar-refractivity contribution >= 4 is 33.2 Å². The third kappa shape index (κ3) is 4.29. The van der Waals surface area contributed by atoms with Crippen LogP contribution in [0.25, 0.3) is 0 Å². The van der Waals surface area contributed by atoms with Gasteiger partial charge < -0.3 is 10.6 Å². The number of hydrogen-bond acceptors (Lipinski definition) is 2. The summed E-state index contributed by atoms with van der Waals surface area (Å²) in [6.07, 6.45) is 0. The van der Waals surface area contributed by atoms with E-state index < -0.39 is 0 Å². The number of rotatable bonds is 4. The topological polar surface area (TPSA) is 41.1 Å². The lowest BCUT2D eigenvalue weighted by atomic mass is 10.1. The van der Waals surface area contributed by atoms with Crippen LogP contribution in [-0.4, -0.2) is 5.91 Å². The molecule has 0 aliphatic heterocycles. The van der Waals surface area contributed by atoms with Gasteiger partial charge in [-0.05, 0) is 58.2 Å². The average molecular weight is 351 g/mol. The summed E-state index contributed by atoms with van der Waals surface area (Å²) < 4.78 is 13.9. The average Bonchev–Trinajstić information content (AvgIpc) is 2.42. The first-order valence-corrected chi connectivity index (χ1v) is 7.31. The fourth-order valence-electron chi connectivity index (χ4n) is 1.94. The third-order valence-corrected chi connectivity index (χ3v) is 3.67. The van der Waals surface area contributed by atoms with Crippen LogP contribution in [0.4, 0.5) is 15.8 Å². The molecular formula is C16H16BrFN2O. The van der Waals surface area contributed by atoms with E-state index in [0.29, 0.717) is 11.0 Å². The molecule has 2 rings (SSSR count). The van der Waals surface area contributed by atoms with Crippen LogP contribution in [0.2, 0.25) is 0 Å². The van der Waals surface area contributed by atoms with Gasteiger partial charge in [0.15, 0.2) is 0 Å². The summed E-state index contributed by atoms with van der Waals surface area (Å²) in [5.74, 6) is -0.391. The van der Waals surface area contributed by atoms with Crippen molar-refractivity contribution in [3.05, 3.63) is 57.8 Å². The van der Waals surface area contributed by atoms with Crippen LogP contribution < -0.4 is 10.6 Å². The van der Waals surface area contributed by atoms with Crippen LogP contribution in [0.15, 0.2) is 40.9 Å². The smallest absolute Gasteiger partial charge is 0.221 e. The zero-order valence-electron chi connectivity index (χ0n) is 11.8. The molecule has 0 bridgehead atoms. The van der Waals surface area contributed by atoms with Crippen molar-refractivity contribution < 1.29 is 9.18 Å². The highest BCUT2D eigenvalue weighted by atomic mass is 79.9. The van der Waals surface area contributed by atoms with E-state index in [2.05, 4.69) is 26.6 Å². The molecule has 0 atom stereocenters. The van der Waals surface area contributed by atoms with Gasteiger partial charge in [0.25, 0.3) is 0 Å². The molecule has 0 radical (unpaired) electrons. The summed E-state index contributed by atoms with van der Waals surface area (Å²) in [4.78, 5) is 11.1. The van der Waals surface area contributed by atoms with Gasteiger partial charge in [-0.3, -0.25) is 4.79 Å². The number of halogens is 2. The molecule has 2 N–H and O–H groups in total. The van der Waals surface area contributed by atoms with Crippen LogP contribution in [0, 0.1) is 12.7 Å². The Morgan fingerprint density at radius 2 is 2.00 bits per heavy atom. The minimum Gasteiger partial charge on any atom is -0.381 e. The second kappa shape index (κ2) is 6.72. The number of amides is 1. The Bertz CT molecular complexity index is 673. The molecule has 2 aromatic rings. The summed E-state index contributed by atoms with van der Waals surface area (Å²) in [7, 11) is 0. The Hall–Kier alpha value is -1.88. The summed E-state index contributed by atoms with van der Waals surface area (Å²) in [5, 5.41) is 6.00. The first-order valence-electron chi connectivity index (χ1n) is 6.52. The Morgan fingerprint density at radius 3 is 2.67 bits per heavy atom. The van der Waals surface area contributed by atoms with Crippen LogP contribution in [-0.2, 0) is 11.3 Å². The maximum absolute atomic E-state index is 13.5. The van der Waals surface area contributed by atoms with Gasteiger partial charge in [0.05, 0.1) is 4.47 Å². The molecule has 0 aromatic heterocycles. The largest absolute Gasteiger partial charge is 0.381 e. The number of nitrogens with one attached hydrogen (secondary N) is 2. The van der Waals surface area contributed by atoms with E-state index in [4.69, 9.17) is 0 Å². The Kier molecular flexibility index (Phi) is 4.96. The fourth-order valence-corrected chi connectivity index (χ4v) is 2.19. The molecule has 0 saturated carbocycles. The molecule has 0 spiro atoms. The Balaban J connectivity index is 2.11. The quantitative estimate of drug-likeness (QED) is 0.854. The van der Waals surface area contributed by atoms with Gasteiger partial charge >= 0.3 is 0 Å². The zero-order valence-corrected chi connectivity index (χ0v) is 13.4. The lowest BCUT2D eigenvalue weighted by molar-refractivity contribution is -0.114. The number of aryl methyl sites for hydroxylation is 1. The second-order valence-corrected chi connectivity index (χ2v) is 5.67. The number of hydrogen-bond donors (Lipinski definition) is 2. The fraction of sp³-hybridized carbons (Fsp3) is 0.188. The van der Waals surface area contributed by atoms with Crippen molar-refractivity contribution in [2.45, 2.75) is 20.4 Å². The number of carbonyl (C=O) groups excluding carboxylic acids is 1. The van der Waals surface area contributed by atoms with Crippen molar-refractivity contribution in [1.82, 2.24) is 0 Å². The standard InChI is InChI=1S/C16H16BrFN2O/c1-10-3-5-13(20-11(2)21)8-16(10)19-9-12-4-6-14(17)15(18)7-12/h3-8,19H,9H2,1-2H3,(H,20,21). The maximum atomic E-state index is 13.5. The summed E-state index contributed by atoms with van der Waals surface area (Å²) in [5.41, 5.74) is 3.55. The molecule has 5 heteroatoms. The van der Waals surface area contributed by atoms with E-state index in [1.54, 1.807) is 6.07 Å². The molecule has 0 fully saturated rings. The van der Waals surface area contributed by atoms with Crippen LogP contribution >= 0.6 is 15.9 Å². The molecule has 2 aromatic carbocycles. The summed E-state index contributed by atoms with van der Waals surface area (Å²) in [6, 6.07) is 10.7. The van der Waals surface area contributed by atoms with Gasteiger partial charge in [0.1, 0.15) is 5.82 Å². The second-order valence-electron chi connectivity index (χ2n) is 4.81. The Labute approximate surface area is 131 Å². The highest BCUT2D eigenvalue weighted by molar-refractivity contribution is 9.10. The molecule has 0 unspecified atom stereocenters. The van der Waals surface area contributed by atoms with Crippen molar-refractivity contribution in [2.24, 2.45) is 0 Å². The van der Waals surface area contributed by atoms with Gasteiger partial charge in [0.2, 0.25) is 5.91 Å². The van der Waals surface area contributed by atoms with Crippen molar-refractivity contribution in [3.63, 3.8) is 0 Å². The van der Waals surface area contributed by atoms with Gasteiger partial charge in [-0.2, -0.15) is 0 Å².